The van der Waals surface area contributed by atoms with E-state index in [2.05, 4.69) is 18.7 Å². The molecule has 1 aliphatic heterocycles. The molecule has 3 nitrogen and oxygen atoms in total. The van der Waals surface area contributed by atoms with Gasteiger partial charge in [0.25, 0.3) is 0 Å². The summed E-state index contributed by atoms with van der Waals surface area (Å²) in [5, 5.41) is 0. The summed E-state index contributed by atoms with van der Waals surface area (Å²) in [4.78, 5) is 2.57. The van der Waals surface area contributed by atoms with Crippen LogP contribution in [0.15, 0.2) is 0 Å². The zero-order valence-electron chi connectivity index (χ0n) is 12.5. The van der Waals surface area contributed by atoms with E-state index >= 15 is 0 Å². The average Bonchev–Trinajstić information content (AvgIpc) is 2.38. The SMILES string of the molecule is COC1CCCN(CCCC(CCN)C(C)C)C1. The zero-order chi connectivity index (χ0) is 13.4. The van der Waals surface area contributed by atoms with E-state index in [1.54, 1.807) is 0 Å². The molecule has 2 unspecified atom stereocenters. The van der Waals surface area contributed by atoms with Crippen LogP contribution in [0.3, 0.4) is 0 Å². The van der Waals surface area contributed by atoms with Crippen LogP contribution in [0, 0.1) is 11.8 Å². The van der Waals surface area contributed by atoms with Gasteiger partial charge in [-0.05, 0) is 63.6 Å². The van der Waals surface area contributed by atoms with Crippen LogP contribution in [0.25, 0.3) is 0 Å². The molecule has 1 fully saturated rings. The molecule has 1 saturated heterocycles. The molecule has 0 bridgehead atoms. The lowest BCUT2D eigenvalue weighted by Crippen LogP contribution is -2.39. The Morgan fingerprint density at radius 2 is 2.11 bits per heavy atom. The smallest absolute Gasteiger partial charge is 0.0698 e. The van der Waals surface area contributed by atoms with Crippen molar-refractivity contribution in [2.24, 2.45) is 17.6 Å². The quantitative estimate of drug-likeness (QED) is 0.725. The summed E-state index contributed by atoms with van der Waals surface area (Å²) in [5.74, 6) is 1.57. The summed E-state index contributed by atoms with van der Waals surface area (Å²) >= 11 is 0. The Labute approximate surface area is 113 Å². The number of methoxy groups -OCH3 is 1. The molecule has 1 aliphatic rings. The van der Waals surface area contributed by atoms with E-state index in [9.17, 15) is 0 Å². The zero-order valence-corrected chi connectivity index (χ0v) is 12.5. The minimum absolute atomic E-state index is 0.462. The third kappa shape index (κ3) is 5.68. The maximum atomic E-state index is 5.69. The maximum absolute atomic E-state index is 5.69. The Hall–Kier alpha value is -0.120. The summed E-state index contributed by atoms with van der Waals surface area (Å²) < 4.78 is 5.47. The van der Waals surface area contributed by atoms with Crippen molar-refractivity contribution in [2.75, 3.05) is 33.3 Å². The number of ether oxygens (including phenoxy) is 1. The molecule has 0 radical (unpaired) electrons. The number of rotatable bonds is 8. The Kier molecular flexibility index (Phi) is 7.87. The minimum Gasteiger partial charge on any atom is -0.380 e. The summed E-state index contributed by atoms with van der Waals surface area (Å²) in [6.45, 7) is 9.08. The van der Waals surface area contributed by atoms with Gasteiger partial charge in [0.2, 0.25) is 0 Å². The standard InChI is InChI=1S/C15H32N2O/c1-13(2)14(8-9-16)6-4-10-17-11-5-7-15(12-17)18-3/h13-15H,4-12,16H2,1-3H3. The summed E-state index contributed by atoms with van der Waals surface area (Å²) in [7, 11) is 1.84. The van der Waals surface area contributed by atoms with Gasteiger partial charge in [-0.15, -0.1) is 0 Å². The molecular weight excluding hydrogens is 224 g/mol. The first kappa shape index (κ1) is 15.9. The molecular formula is C15H32N2O. The van der Waals surface area contributed by atoms with Crippen molar-refractivity contribution >= 4 is 0 Å². The van der Waals surface area contributed by atoms with E-state index in [0.717, 1.165) is 24.9 Å². The number of nitrogens with two attached hydrogens (primary N) is 1. The summed E-state index contributed by atoms with van der Waals surface area (Å²) in [5.41, 5.74) is 5.69. The van der Waals surface area contributed by atoms with E-state index in [1.165, 1.54) is 45.2 Å². The third-order valence-electron chi connectivity index (χ3n) is 4.33. The van der Waals surface area contributed by atoms with Crippen LogP contribution < -0.4 is 5.73 Å². The first-order valence-corrected chi connectivity index (χ1v) is 7.62. The van der Waals surface area contributed by atoms with E-state index < -0.39 is 0 Å². The molecule has 2 N–H and O–H groups in total. The van der Waals surface area contributed by atoms with Crippen molar-refractivity contribution in [3.05, 3.63) is 0 Å². The second kappa shape index (κ2) is 8.89. The first-order chi connectivity index (χ1) is 8.67. The largest absolute Gasteiger partial charge is 0.380 e. The fourth-order valence-corrected chi connectivity index (χ4v) is 3.01. The van der Waals surface area contributed by atoms with Gasteiger partial charge in [-0.1, -0.05) is 13.8 Å². The molecule has 0 aromatic carbocycles. The molecule has 1 rings (SSSR count). The van der Waals surface area contributed by atoms with Crippen LogP contribution in [-0.4, -0.2) is 44.3 Å². The first-order valence-electron chi connectivity index (χ1n) is 7.62. The van der Waals surface area contributed by atoms with Crippen molar-refractivity contribution in [3.8, 4) is 0 Å². The highest BCUT2D eigenvalue weighted by molar-refractivity contribution is 4.73. The van der Waals surface area contributed by atoms with Gasteiger partial charge in [0.05, 0.1) is 6.10 Å². The lowest BCUT2D eigenvalue weighted by molar-refractivity contribution is 0.0303. The Bertz CT molecular complexity index is 209. The summed E-state index contributed by atoms with van der Waals surface area (Å²) in [6, 6.07) is 0. The normalized spacial score (nSPS) is 23.5. The van der Waals surface area contributed by atoms with Gasteiger partial charge in [-0.2, -0.15) is 0 Å². The van der Waals surface area contributed by atoms with Crippen LogP contribution in [0.2, 0.25) is 0 Å². The molecule has 1 heterocycles. The minimum atomic E-state index is 0.462. The van der Waals surface area contributed by atoms with Crippen molar-refractivity contribution < 1.29 is 4.74 Å². The van der Waals surface area contributed by atoms with Gasteiger partial charge >= 0.3 is 0 Å². The summed E-state index contributed by atoms with van der Waals surface area (Å²) in [6.07, 6.45) is 6.79. The van der Waals surface area contributed by atoms with Crippen molar-refractivity contribution in [2.45, 2.75) is 52.1 Å². The van der Waals surface area contributed by atoms with Gasteiger partial charge < -0.3 is 15.4 Å². The molecule has 2 atom stereocenters. The van der Waals surface area contributed by atoms with Crippen LogP contribution in [0.5, 0.6) is 0 Å². The lowest BCUT2D eigenvalue weighted by Gasteiger charge is -2.32. The molecule has 0 spiro atoms. The Balaban J connectivity index is 2.19. The maximum Gasteiger partial charge on any atom is 0.0698 e. The fourth-order valence-electron chi connectivity index (χ4n) is 3.01. The highest BCUT2D eigenvalue weighted by Crippen LogP contribution is 2.21. The van der Waals surface area contributed by atoms with E-state index in [-0.39, 0.29) is 0 Å². The van der Waals surface area contributed by atoms with Crippen LogP contribution in [0.1, 0.15) is 46.0 Å². The third-order valence-corrected chi connectivity index (χ3v) is 4.33. The molecule has 0 aliphatic carbocycles. The van der Waals surface area contributed by atoms with Crippen LogP contribution in [0.4, 0.5) is 0 Å². The number of hydrogen-bond donors (Lipinski definition) is 1. The van der Waals surface area contributed by atoms with E-state index in [1.807, 2.05) is 7.11 Å². The predicted molar refractivity (Wildman–Crippen MR) is 77.7 cm³/mol. The van der Waals surface area contributed by atoms with Crippen molar-refractivity contribution in [3.63, 3.8) is 0 Å². The fraction of sp³-hybridized carbons (Fsp3) is 1.00. The van der Waals surface area contributed by atoms with Crippen LogP contribution >= 0.6 is 0 Å². The Morgan fingerprint density at radius 3 is 2.72 bits per heavy atom. The number of hydrogen-bond acceptors (Lipinski definition) is 3. The van der Waals surface area contributed by atoms with Gasteiger partial charge in [0.15, 0.2) is 0 Å². The monoisotopic (exact) mass is 256 g/mol. The Morgan fingerprint density at radius 1 is 1.33 bits per heavy atom. The number of piperidine rings is 1. The highest BCUT2D eigenvalue weighted by Gasteiger charge is 2.19. The van der Waals surface area contributed by atoms with Crippen molar-refractivity contribution in [1.82, 2.24) is 4.90 Å². The second-order valence-electron chi connectivity index (χ2n) is 6.02. The van der Waals surface area contributed by atoms with E-state index in [0.29, 0.717) is 6.10 Å². The molecule has 18 heavy (non-hydrogen) atoms. The van der Waals surface area contributed by atoms with Crippen molar-refractivity contribution in [1.29, 1.82) is 0 Å². The van der Waals surface area contributed by atoms with Gasteiger partial charge in [0.1, 0.15) is 0 Å². The van der Waals surface area contributed by atoms with Crippen LogP contribution in [-0.2, 0) is 4.74 Å². The second-order valence-corrected chi connectivity index (χ2v) is 6.02. The van der Waals surface area contributed by atoms with Gasteiger partial charge in [0, 0.05) is 13.7 Å². The number of likely N-dealkylation sites (tertiary alicyclic amines) is 1. The molecule has 0 saturated carbocycles. The predicted octanol–water partition coefficient (Wildman–Crippen LogP) is 2.50. The van der Waals surface area contributed by atoms with Gasteiger partial charge in [-0.25, -0.2) is 0 Å². The highest BCUT2D eigenvalue weighted by atomic mass is 16.5. The molecule has 0 aromatic rings. The topological polar surface area (TPSA) is 38.5 Å². The lowest BCUT2D eigenvalue weighted by atomic mass is 9.88. The van der Waals surface area contributed by atoms with Gasteiger partial charge in [-0.3, -0.25) is 0 Å². The molecule has 108 valence electrons. The van der Waals surface area contributed by atoms with E-state index in [4.69, 9.17) is 10.5 Å². The number of nitrogens with zero attached hydrogens (tertiary/aromatic N) is 1. The molecule has 0 aromatic heterocycles. The molecule has 3 heteroatoms. The average molecular weight is 256 g/mol. The molecule has 0 amide bonds.